The first-order chi connectivity index (χ1) is 10.8. The van der Waals surface area contributed by atoms with E-state index in [-0.39, 0.29) is 12.0 Å². The van der Waals surface area contributed by atoms with Gasteiger partial charge >= 0.3 is 0 Å². The topological polar surface area (TPSA) is 51.7 Å². The van der Waals surface area contributed by atoms with Crippen molar-refractivity contribution in [2.45, 2.75) is 6.10 Å². The van der Waals surface area contributed by atoms with Gasteiger partial charge in [-0.2, -0.15) is 0 Å². The van der Waals surface area contributed by atoms with Crippen LogP contribution < -0.4 is 4.74 Å². The minimum atomic E-state index is -0.0786. The molecule has 0 bridgehead atoms. The van der Waals surface area contributed by atoms with Crippen LogP contribution in [0.1, 0.15) is 22.0 Å². The fraction of sp³-hybridized carbons (Fsp3) is 0.294. The maximum atomic E-state index is 12.6. The van der Waals surface area contributed by atoms with Gasteiger partial charge in [0.1, 0.15) is 6.10 Å². The predicted octanol–water partition coefficient (Wildman–Crippen LogP) is 2.30. The van der Waals surface area contributed by atoms with Gasteiger partial charge in [0.2, 0.25) is 5.88 Å². The summed E-state index contributed by atoms with van der Waals surface area (Å²) in [5.74, 6) is 0.472. The van der Waals surface area contributed by atoms with Crippen molar-refractivity contribution in [1.82, 2.24) is 9.88 Å². The van der Waals surface area contributed by atoms with E-state index >= 15 is 0 Å². The van der Waals surface area contributed by atoms with Crippen LogP contribution in [0.5, 0.6) is 5.88 Å². The van der Waals surface area contributed by atoms with Crippen molar-refractivity contribution < 1.29 is 14.3 Å². The van der Waals surface area contributed by atoms with Gasteiger partial charge in [-0.05, 0) is 11.6 Å². The zero-order valence-corrected chi connectivity index (χ0v) is 12.4. The molecular weight excluding hydrogens is 280 g/mol. The Labute approximate surface area is 129 Å². The summed E-state index contributed by atoms with van der Waals surface area (Å²) in [5.41, 5.74) is 1.65. The molecule has 5 nitrogen and oxygen atoms in total. The summed E-state index contributed by atoms with van der Waals surface area (Å²) in [6.45, 7) is 1.68. The molecule has 5 heteroatoms. The van der Waals surface area contributed by atoms with Crippen molar-refractivity contribution in [3.05, 3.63) is 59.8 Å². The molecule has 0 N–H and O–H groups in total. The molecule has 0 saturated carbocycles. The average Bonchev–Trinajstić information content (AvgIpc) is 2.62. The Hall–Kier alpha value is -2.40. The van der Waals surface area contributed by atoms with Crippen molar-refractivity contribution in [2.75, 3.05) is 26.8 Å². The molecule has 1 aromatic heterocycles. The second kappa shape index (κ2) is 6.58. The number of rotatable bonds is 3. The Bertz CT molecular complexity index is 628. The smallest absolute Gasteiger partial charge is 0.255 e. The fourth-order valence-electron chi connectivity index (χ4n) is 2.51. The number of hydrogen-bond donors (Lipinski definition) is 0. The first-order valence-corrected chi connectivity index (χ1v) is 7.24. The van der Waals surface area contributed by atoms with E-state index in [9.17, 15) is 4.79 Å². The zero-order chi connectivity index (χ0) is 15.4. The van der Waals surface area contributed by atoms with Gasteiger partial charge in [-0.1, -0.05) is 30.3 Å². The summed E-state index contributed by atoms with van der Waals surface area (Å²) in [7, 11) is 1.55. The summed E-state index contributed by atoms with van der Waals surface area (Å²) in [6.07, 6.45) is 1.47. The van der Waals surface area contributed by atoms with Gasteiger partial charge in [0.15, 0.2) is 0 Å². The molecule has 1 fully saturated rings. The molecule has 1 unspecified atom stereocenters. The lowest BCUT2D eigenvalue weighted by Gasteiger charge is -2.33. The highest BCUT2D eigenvalue weighted by molar-refractivity contribution is 5.94. The highest BCUT2D eigenvalue weighted by Gasteiger charge is 2.26. The van der Waals surface area contributed by atoms with Crippen LogP contribution in [0.4, 0.5) is 0 Å². The first-order valence-electron chi connectivity index (χ1n) is 7.24. The summed E-state index contributed by atoms with van der Waals surface area (Å²) >= 11 is 0. The van der Waals surface area contributed by atoms with E-state index in [1.807, 2.05) is 35.2 Å². The van der Waals surface area contributed by atoms with Crippen molar-refractivity contribution >= 4 is 5.91 Å². The number of carbonyl (C=O) groups excluding carboxylic acids is 1. The zero-order valence-electron chi connectivity index (χ0n) is 12.4. The maximum Gasteiger partial charge on any atom is 0.255 e. The van der Waals surface area contributed by atoms with Gasteiger partial charge in [0.25, 0.3) is 5.91 Å². The van der Waals surface area contributed by atoms with Crippen LogP contribution in [-0.2, 0) is 4.74 Å². The van der Waals surface area contributed by atoms with Crippen LogP contribution in [0, 0.1) is 0 Å². The number of pyridine rings is 1. The maximum absolute atomic E-state index is 12.6. The molecule has 22 heavy (non-hydrogen) atoms. The molecule has 2 aromatic rings. The predicted molar refractivity (Wildman–Crippen MR) is 81.8 cm³/mol. The Balaban J connectivity index is 1.72. The van der Waals surface area contributed by atoms with Gasteiger partial charge in [-0.3, -0.25) is 4.79 Å². The van der Waals surface area contributed by atoms with E-state index in [4.69, 9.17) is 9.47 Å². The molecule has 0 radical (unpaired) electrons. The molecule has 1 aliphatic rings. The monoisotopic (exact) mass is 298 g/mol. The van der Waals surface area contributed by atoms with Crippen LogP contribution in [0.25, 0.3) is 0 Å². The molecule has 2 heterocycles. The molecular formula is C17H18N2O3. The minimum absolute atomic E-state index is 0.0283. The van der Waals surface area contributed by atoms with E-state index in [1.54, 1.807) is 25.4 Å². The molecule has 3 rings (SSSR count). The highest BCUT2D eigenvalue weighted by atomic mass is 16.5. The Kier molecular flexibility index (Phi) is 4.34. The average molecular weight is 298 g/mol. The molecule has 0 spiro atoms. The number of carbonyl (C=O) groups is 1. The number of aromatic nitrogens is 1. The molecule has 0 aliphatic carbocycles. The van der Waals surface area contributed by atoms with Crippen molar-refractivity contribution in [2.24, 2.45) is 0 Å². The van der Waals surface area contributed by atoms with Crippen molar-refractivity contribution in [3.8, 4) is 5.88 Å². The Morgan fingerprint density at radius 2 is 2.09 bits per heavy atom. The number of benzene rings is 1. The van der Waals surface area contributed by atoms with Gasteiger partial charge in [0, 0.05) is 18.8 Å². The van der Waals surface area contributed by atoms with Gasteiger partial charge in [0.05, 0.1) is 25.8 Å². The SMILES string of the molecule is COc1ccc(C(=O)N2CCOC(c3ccccc3)C2)cn1. The number of nitrogens with zero attached hydrogens (tertiary/aromatic N) is 2. The first kappa shape index (κ1) is 14.5. The third kappa shape index (κ3) is 3.09. The van der Waals surface area contributed by atoms with Crippen LogP contribution in [0.3, 0.4) is 0 Å². The molecule has 114 valence electrons. The van der Waals surface area contributed by atoms with Crippen molar-refractivity contribution in [3.63, 3.8) is 0 Å². The molecule has 1 aliphatic heterocycles. The number of hydrogen-bond acceptors (Lipinski definition) is 4. The molecule has 1 atom stereocenters. The van der Waals surface area contributed by atoms with Gasteiger partial charge in [-0.15, -0.1) is 0 Å². The quantitative estimate of drug-likeness (QED) is 0.872. The van der Waals surface area contributed by atoms with Crippen LogP contribution >= 0.6 is 0 Å². The normalized spacial score (nSPS) is 18.0. The van der Waals surface area contributed by atoms with Gasteiger partial charge in [-0.25, -0.2) is 4.98 Å². The van der Waals surface area contributed by atoms with Crippen LogP contribution in [0.15, 0.2) is 48.7 Å². The number of methoxy groups -OCH3 is 1. The van der Waals surface area contributed by atoms with E-state index in [1.165, 1.54) is 0 Å². The molecule has 1 saturated heterocycles. The number of amides is 1. The lowest BCUT2D eigenvalue weighted by molar-refractivity contribution is -0.0228. The standard InChI is InChI=1S/C17H18N2O3/c1-21-16-8-7-14(11-18-16)17(20)19-9-10-22-15(12-19)13-5-3-2-4-6-13/h2-8,11,15H,9-10,12H2,1H3. The van der Waals surface area contributed by atoms with E-state index < -0.39 is 0 Å². The lowest BCUT2D eigenvalue weighted by Crippen LogP contribution is -2.42. The Morgan fingerprint density at radius 3 is 2.77 bits per heavy atom. The summed E-state index contributed by atoms with van der Waals surface area (Å²) in [4.78, 5) is 18.5. The number of morpholine rings is 1. The Morgan fingerprint density at radius 1 is 1.27 bits per heavy atom. The van der Waals surface area contributed by atoms with Crippen molar-refractivity contribution in [1.29, 1.82) is 0 Å². The van der Waals surface area contributed by atoms with E-state index in [0.29, 0.717) is 31.1 Å². The van der Waals surface area contributed by atoms with Crippen LogP contribution in [-0.4, -0.2) is 42.6 Å². The summed E-state index contributed by atoms with van der Waals surface area (Å²) in [5, 5.41) is 0. The summed E-state index contributed by atoms with van der Waals surface area (Å²) in [6, 6.07) is 13.4. The second-order valence-electron chi connectivity index (χ2n) is 5.11. The lowest BCUT2D eigenvalue weighted by atomic mass is 10.1. The third-order valence-electron chi connectivity index (χ3n) is 3.72. The van der Waals surface area contributed by atoms with Gasteiger partial charge < -0.3 is 14.4 Å². The number of ether oxygens (including phenoxy) is 2. The largest absolute Gasteiger partial charge is 0.481 e. The minimum Gasteiger partial charge on any atom is -0.481 e. The molecule has 1 amide bonds. The van der Waals surface area contributed by atoms with E-state index in [0.717, 1.165) is 5.56 Å². The highest BCUT2D eigenvalue weighted by Crippen LogP contribution is 2.23. The third-order valence-corrected chi connectivity index (χ3v) is 3.72. The fourth-order valence-corrected chi connectivity index (χ4v) is 2.51. The van der Waals surface area contributed by atoms with Crippen LogP contribution in [0.2, 0.25) is 0 Å². The summed E-state index contributed by atoms with van der Waals surface area (Å²) < 4.78 is 10.8. The van der Waals surface area contributed by atoms with E-state index in [2.05, 4.69) is 4.98 Å². The molecule has 1 aromatic carbocycles. The second-order valence-corrected chi connectivity index (χ2v) is 5.11.